The van der Waals surface area contributed by atoms with Gasteiger partial charge < -0.3 is 5.32 Å². The van der Waals surface area contributed by atoms with Crippen LogP contribution in [0.25, 0.3) is 0 Å². The van der Waals surface area contributed by atoms with E-state index < -0.39 is 0 Å². The molecule has 0 unspecified atom stereocenters. The van der Waals surface area contributed by atoms with Crippen LogP contribution in [0.15, 0.2) is 47.6 Å². The Morgan fingerprint density at radius 2 is 2.05 bits per heavy atom. The summed E-state index contributed by atoms with van der Waals surface area (Å²) in [6, 6.07) is 9.86. The van der Waals surface area contributed by atoms with Crippen LogP contribution in [0.1, 0.15) is 29.8 Å². The van der Waals surface area contributed by atoms with Crippen molar-refractivity contribution in [1.29, 1.82) is 0 Å². The Morgan fingerprint density at radius 3 is 2.76 bits per heavy atom. The summed E-state index contributed by atoms with van der Waals surface area (Å²) in [4.78, 5) is 16.5. The van der Waals surface area contributed by atoms with E-state index in [0.717, 1.165) is 0 Å². The van der Waals surface area contributed by atoms with E-state index in [0.29, 0.717) is 21.4 Å². The second-order valence-corrected chi connectivity index (χ2v) is 6.36. The monoisotopic (exact) mass is 304 g/mol. The zero-order chi connectivity index (χ0) is 15.2. The molecular formula is C16H17FN2OS. The normalized spacial score (nSPS) is 10.7. The molecular weight excluding hydrogens is 287 g/mol. The molecule has 0 fully saturated rings. The zero-order valence-electron chi connectivity index (χ0n) is 12.0. The van der Waals surface area contributed by atoms with Crippen molar-refractivity contribution in [3.05, 3.63) is 59.5 Å². The molecule has 0 spiro atoms. The molecule has 0 saturated heterocycles. The maximum absolute atomic E-state index is 13.5. The van der Waals surface area contributed by atoms with Gasteiger partial charge in [-0.1, -0.05) is 32.0 Å². The summed E-state index contributed by atoms with van der Waals surface area (Å²) in [7, 11) is 0. The molecule has 0 aliphatic carbocycles. The Morgan fingerprint density at radius 1 is 1.29 bits per heavy atom. The maximum Gasteiger partial charge on any atom is 0.254 e. The van der Waals surface area contributed by atoms with Crippen LogP contribution >= 0.6 is 11.8 Å². The predicted octanol–water partition coefficient (Wildman–Crippen LogP) is 3.65. The Hall–Kier alpha value is -1.88. The highest BCUT2D eigenvalue weighted by Gasteiger charge is 2.14. The summed E-state index contributed by atoms with van der Waals surface area (Å²) in [5.41, 5.74) is 0.986. The van der Waals surface area contributed by atoms with Crippen molar-refractivity contribution >= 4 is 17.7 Å². The molecule has 1 N–H and O–H groups in total. The molecule has 1 heterocycles. The number of nitrogens with zero attached hydrogens (tertiary/aromatic N) is 1. The first-order valence-corrected chi connectivity index (χ1v) is 7.59. The van der Waals surface area contributed by atoms with Gasteiger partial charge >= 0.3 is 0 Å². The van der Waals surface area contributed by atoms with E-state index in [1.54, 1.807) is 36.5 Å². The third-order valence-corrected chi connectivity index (χ3v) is 3.78. The lowest BCUT2D eigenvalue weighted by Gasteiger charge is -2.10. The number of aromatic nitrogens is 1. The molecule has 0 aliphatic rings. The molecule has 0 atom stereocenters. The van der Waals surface area contributed by atoms with E-state index in [1.807, 2.05) is 13.8 Å². The van der Waals surface area contributed by atoms with Gasteiger partial charge in [0.2, 0.25) is 0 Å². The lowest BCUT2D eigenvalue weighted by Crippen LogP contribution is -2.24. The molecule has 1 aromatic carbocycles. The first-order valence-electron chi connectivity index (χ1n) is 6.71. The molecule has 0 saturated carbocycles. The molecule has 0 radical (unpaired) electrons. The highest BCUT2D eigenvalue weighted by molar-refractivity contribution is 7.99. The van der Waals surface area contributed by atoms with E-state index in [-0.39, 0.29) is 18.3 Å². The molecule has 1 aromatic heterocycles. The lowest BCUT2D eigenvalue weighted by atomic mass is 10.2. The number of carbonyl (C=O) groups is 1. The van der Waals surface area contributed by atoms with Crippen molar-refractivity contribution in [3.63, 3.8) is 0 Å². The van der Waals surface area contributed by atoms with E-state index in [4.69, 9.17) is 0 Å². The molecule has 3 nitrogen and oxygen atoms in total. The molecule has 0 aliphatic heterocycles. The SMILES string of the molecule is CC(C)Sc1ncccc1C(=O)NCc1ccccc1F. The number of amides is 1. The Labute approximate surface area is 128 Å². The van der Waals surface area contributed by atoms with Crippen molar-refractivity contribution < 1.29 is 9.18 Å². The number of pyridine rings is 1. The van der Waals surface area contributed by atoms with E-state index in [2.05, 4.69) is 10.3 Å². The summed E-state index contributed by atoms with van der Waals surface area (Å²) in [6.07, 6.45) is 1.67. The predicted molar refractivity (Wildman–Crippen MR) is 82.8 cm³/mol. The second-order valence-electron chi connectivity index (χ2n) is 4.80. The van der Waals surface area contributed by atoms with Crippen LogP contribution < -0.4 is 5.32 Å². The average molecular weight is 304 g/mol. The highest BCUT2D eigenvalue weighted by atomic mass is 32.2. The number of halogens is 1. The highest BCUT2D eigenvalue weighted by Crippen LogP contribution is 2.24. The first-order chi connectivity index (χ1) is 10.1. The van der Waals surface area contributed by atoms with Crippen molar-refractivity contribution in [3.8, 4) is 0 Å². The topological polar surface area (TPSA) is 42.0 Å². The lowest BCUT2D eigenvalue weighted by molar-refractivity contribution is 0.0947. The number of hydrogen-bond donors (Lipinski definition) is 1. The smallest absolute Gasteiger partial charge is 0.254 e. The van der Waals surface area contributed by atoms with Crippen molar-refractivity contribution in [2.45, 2.75) is 30.7 Å². The fourth-order valence-electron chi connectivity index (χ4n) is 1.79. The summed E-state index contributed by atoms with van der Waals surface area (Å²) in [5, 5.41) is 3.76. The van der Waals surface area contributed by atoms with E-state index in [9.17, 15) is 9.18 Å². The van der Waals surface area contributed by atoms with Crippen molar-refractivity contribution in [2.24, 2.45) is 0 Å². The second kappa shape index (κ2) is 7.22. The van der Waals surface area contributed by atoms with E-state index >= 15 is 0 Å². The minimum absolute atomic E-state index is 0.159. The largest absolute Gasteiger partial charge is 0.348 e. The van der Waals surface area contributed by atoms with Gasteiger partial charge in [0.15, 0.2) is 0 Å². The third-order valence-electron chi connectivity index (χ3n) is 2.76. The number of rotatable bonds is 5. The number of nitrogens with one attached hydrogen (secondary N) is 1. The van der Waals surface area contributed by atoms with Crippen molar-refractivity contribution in [1.82, 2.24) is 10.3 Å². The van der Waals surface area contributed by atoms with Crippen molar-refractivity contribution in [2.75, 3.05) is 0 Å². The fourth-order valence-corrected chi connectivity index (χ4v) is 2.65. The van der Waals surface area contributed by atoms with Gasteiger partial charge in [0.05, 0.1) is 5.56 Å². The molecule has 0 bridgehead atoms. The zero-order valence-corrected chi connectivity index (χ0v) is 12.8. The van der Waals surface area contributed by atoms with E-state index in [1.165, 1.54) is 17.8 Å². The minimum atomic E-state index is -0.319. The summed E-state index contributed by atoms with van der Waals surface area (Å²) >= 11 is 1.53. The average Bonchev–Trinajstić information content (AvgIpc) is 2.46. The van der Waals surface area contributed by atoms with Gasteiger partial charge in [-0.25, -0.2) is 9.37 Å². The summed E-state index contributed by atoms with van der Waals surface area (Å²) in [5.74, 6) is -0.560. The molecule has 5 heteroatoms. The van der Waals surface area contributed by atoms with Gasteiger partial charge in [0, 0.05) is 23.6 Å². The van der Waals surface area contributed by atoms with Gasteiger partial charge in [-0.2, -0.15) is 0 Å². The Kier molecular flexibility index (Phi) is 5.33. The molecule has 2 rings (SSSR count). The van der Waals surface area contributed by atoms with Crippen LogP contribution in [-0.4, -0.2) is 16.1 Å². The van der Waals surface area contributed by atoms with Gasteiger partial charge in [0.1, 0.15) is 10.8 Å². The summed E-state index contributed by atoms with van der Waals surface area (Å²) < 4.78 is 13.5. The number of thioether (sulfide) groups is 1. The Balaban J connectivity index is 2.09. The molecule has 1 amide bonds. The number of benzene rings is 1. The maximum atomic E-state index is 13.5. The van der Waals surface area contributed by atoms with Crippen LogP contribution in [0.5, 0.6) is 0 Å². The van der Waals surface area contributed by atoms with Crippen LogP contribution in [-0.2, 0) is 6.54 Å². The van der Waals surface area contributed by atoms with Crippen LogP contribution in [0.4, 0.5) is 4.39 Å². The molecule has 2 aromatic rings. The van der Waals surface area contributed by atoms with Gasteiger partial charge in [-0.15, -0.1) is 11.8 Å². The van der Waals surface area contributed by atoms with Gasteiger partial charge in [-0.3, -0.25) is 4.79 Å². The quantitative estimate of drug-likeness (QED) is 0.857. The van der Waals surface area contributed by atoms with Gasteiger partial charge in [0.25, 0.3) is 5.91 Å². The third kappa shape index (κ3) is 4.29. The number of carbonyl (C=O) groups excluding carboxylic acids is 1. The van der Waals surface area contributed by atoms with Crippen LogP contribution in [0, 0.1) is 5.82 Å². The Bertz CT molecular complexity index is 631. The molecule has 21 heavy (non-hydrogen) atoms. The number of hydrogen-bond acceptors (Lipinski definition) is 3. The van der Waals surface area contributed by atoms with Gasteiger partial charge in [-0.05, 0) is 18.2 Å². The summed E-state index contributed by atoms with van der Waals surface area (Å²) in [6.45, 7) is 4.24. The first kappa shape index (κ1) is 15.5. The molecule has 110 valence electrons. The minimum Gasteiger partial charge on any atom is -0.348 e. The van der Waals surface area contributed by atoms with Crippen LogP contribution in [0.2, 0.25) is 0 Å². The standard InChI is InChI=1S/C16H17FN2OS/c1-11(2)21-16-13(7-5-9-18-16)15(20)19-10-12-6-3-4-8-14(12)17/h3-9,11H,10H2,1-2H3,(H,19,20). The fraction of sp³-hybridized carbons (Fsp3) is 0.250. The van der Waals surface area contributed by atoms with Crippen LogP contribution in [0.3, 0.4) is 0 Å².